The minimum absolute atomic E-state index is 0.180. The Bertz CT molecular complexity index is 707. The van der Waals surface area contributed by atoms with Crippen molar-refractivity contribution in [1.82, 2.24) is 9.55 Å². The molecule has 0 aliphatic carbocycles. The minimum atomic E-state index is -4.77. The molecule has 0 amide bonds. The second-order valence-corrected chi connectivity index (χ2v) is 6.05. The molecule has 124 valence electrons. The quantitative estimate of drug-likeness (QED) is 0.374. The van der Waals surface area contributed by atoms with Crippen molar-refractivity contribution in [2.45, 2.75) is 31.5 Å². The van der Waals surface area contributed by atoms with Crippen LogP contribution in [0.2, 0.25) is 0 Å². The van der Waals surface area contributed by atoms with E-state index in [1.54, 1.807) is 0 Å². The van der Waals surface area contributed by atoms with Crippen molar-refractivity contribution < 1.29 is 33.8 Å². The molecule has 1 unspecified atom stereocenters. The lowest BCUT2D eigenvalue weighted by Gasteiger charge is -2.17. The van der Waals surface area contributed by atoms with Gasteiger partial charge in [-0.2, -0.15) is 0 Å². The normalized spacial score (nSPS) is 29.0. The summed E-state index contributed by atoms with van der Waals surface area (Å²) in [4.78, 5) is 42.3. The number of phosphoric acid groups is 1. The van der Waals surface area contributed by atoms with E-state index in [0.717, 1.165) is 10.8 Å². The Morgan fingerprint density at radius 3 is 2.59 bits per heavy atom. The molecule has 1 aromatic rings. The third-order valence-electron chi connectivity index (χ3n) is 3.16. The Hall–Kier alpha value is -1.33. The lowest BCUT2D eigenvalue weighted by atomic mass is 10.1. The summed E-state index contributed by atoms with van der Waals surface area (Å²) in [6.45, 7) is 0.747. The topological polar surface area (TPSA) is 171 Å². The zero-order chi connectivity index (χ0) is 16.7. The van der Waals surface area contributed by atoms with Gasteiger partial charge in [-0.3, -0.25) is 18.9 Å². The summed E-state index contributed by atoms with van der Waals surface area (Å²) >= 11 is 0. The SMILES string of the molecule is Cc1cn(C2O[C@H](COP(=O)(O)O)[C@@H](O)[C@@H]2O)c(=O)[nH]c1=O. The first-order chi connectivity index (χ1) is 10.1. The summed E-state index contributed by atoms with van der Waals surface area (Å²) in [5.41, 5.74) is -1.28. The number of hydrogen-bond acceptors (Lipinski definition) is 7. The zero-order valence-corrected chi connectivity index (χ0v) is 12.2. The van der Waals surface area contributed by atoms with Gasteiger partial charge in [-0.25, -0.2) is 9.36 Å². The van der Waals surface area contributed by atoms with Crippen LogP contribution in [0.4, 0.5) is 0 Å². The number of aromatic amines is 1. The molecule has 4 atom stereocenters. The number of hydrogen-bond donors (Lipinski definition) is 5. The standard InChI is InChI=1S/C10H15N2O9P/c1-4-2-12(10(16)11-8(4)15)9-7(14)6(13)5(21-9)3-20-22(17,18)19/h2,5-7,9,13-14H,3H2,1H3,(H,11,15,16)(H2,17,18,19)/t5-,6-,7+,9?/m1/s1. The third-order valence-corrected chi connectivity index (χ3v) is 3.65. The molecule has 2 rings (SSSR count). The second-order valence-electron chi connectivity index (χ2n) is 4.81. The molecule has 1 fully saturated rings. The molecule has 5 N–H and O–H groups in total. The number of ether oxygens (including phenoxy) is 1. The van der Waals surface area contributed by atoms with E-state index in [2.05, 4.69) is 4.52 Å². The van der Waals surface area contributed by atoms with E-state index >= 15 is 0 Å². The molecule has 1 aromatic heterocycles. The van der Waals surface area contributed by atoms with E-state index < -0.39 is 50.2 Å². The molecule has 2 heterocycles. The van der Waals surface area contributed by atoms with Crippen molar-refractivity contribution >= 4 is 7.82 Å². The maximum Gasteiger partial charge on any atom is 0.469 e. The molecular formula is C10H15N2O9P. The van der Waals surface area contributed by atoms with Crippen LogP contribution in [0.15, 0.2) is 15.8 Å². The van der Waals surface area contributed by atoms with Gasteiger partial charge in [-0.05, 0) is 6.92 Å². The Morgan fingerprint density at radius 1 is 1.36 bits per heavy atom. The minimum Gasteiger partial charge on any atom is -0.387 e. The molecule has 0 spiro atoms. The van der Waals surface area contributed by atoms with E-state index in [9.17, 15) is 24.4 Å². The molecule has 0 saturated carbocycles. The number of nitrogens with one attached hydrogen (secondary N) is 1. The van der Waals surface area contributed by atoms with E-state index in [0.29, 0.717) is 0 Å². The van der Waals surface area contributed by atoms with Crippen LogP contribution in [0.3, 0.4) is 0 Å². The highest BCUT2D eigenvalue weighted by Crippen LogP contribution is 2.38. The van der Waals surface area contributed by atoms with Crippen molar-refractivity contribution in [2.75, 3.05) is 6.61 Å². The summed E-state index contributed by atoms with van der Waals surface area (Å²) in [6.07, 6.45) is -4.52. The molecule has 0 aromatic carbocycles. The zero-order valence-electron chi connectivity index (χ0n) is 11.3. The van der Waals surface area contributed by atoms with Crippen LogP contribution >= 0.6 is 7.82 Å². The van der Waals surface area contributed by atoms with Crippen molar-refractivity contribution in [3.8, 4) is 0 Å². The fraction of sp³-hybridized carbons (Fsp3) is 0.600. The molecule has 0 bridgehead atoms. The molecule has 11 nitrogen and oxygen atoms in total. The summed E-state index contributed by atoms with van der Waals surface area (Å²) in [7, 11) is -4.77. The second kappa shape index (κ2) is 6.05. The number of nitrogens with zero attached hydrogens (tertiary/aromatic N) is 1. The summed E-state index contributed by atoms with van der Waals surface area (Å²) in [5, 5.41) is 19.7. The predicted octanol–water partition coefficient (Wildman–Crippen LogP) is -2.43. The first kappa shape index (κ1) is 17.0. The van der Waals surface area contributed by atoms with E-state index in [-0.39, 0.29) is 5.56 Å². The van der Waals surface area contributed by atoms with Gasteiger partial charge < -0.3 is 24.7 Å². The van der Waals surface area contributed by atoms with Crippen LogP contribution < -0.4 is 11.2 Å². The number of phosphoric ester groups is 1. The molecule has 1 saturated heterocycles. The average molecular weight is 338 g/mol. The first-order valence-electron chi connectivity index (χ1n) is 6.14. The number of aliphatic hydroxyl groups excluding tert-OH is 2. The molecule has 12 heteroatoms. The molecule has 1 aliphatic heterocycles. The van der Waals surface area contributed by atoms with Crippen molar-refractivity contribution in [3.05, 3.63) is 32.6 Å². The monoisotopic (exact) mass is 338 g/mol. The van der Waals surface area contributed by atoms with E-state index in [1.807, 2.05) is 4.98 Å². The largest absolute Gasteiger partial charge is 0.469 e. The van der Waals surface area contributed by atoms with Crippen molar-refractivity contribution in [3.63, 3.8) is 0 Å². The molecule has 22 heavy (non-hydrogen) atoms. The highest BCUT2D eigenvalue weighted by atomic mass is 31.2. The number of aryl methyl sites for hydroxylation is 1. The van der Waals surface area contributed by atoms with Crippen LogP contribution in [0.1, 0.15) is 11.8 Å². The maximum atomic E-state index is 11.7. The van der Waals surface area contributed by atoms with Crippen molar-refractivity contribution in [1.29, 1.82) is 0 Å². The Kier molecular flexibility index (Phi) is 4.68. The van der Waals surface area contributed by atoms with Gasteiger partial charge >= 0.3 is 13.5 Å². The Labute approximate surface area is 123 Å². The number of rotatable bonds is 4. The van der Waals surface area contributed by atoms with Gasteiger partial charge in [0, 0.05) is 11.8 Å². The fourth-order valence-electron chi connectivity index (χ4n) is 2.04. The number of aliphatic hydroxyl groups is 2. The molecule has 1 aliphatic rings. The summed E-state index contributed by atoms with van der Waals surface area (Å²) in [5.74, 6) is 0. The van der Waals surface area contributed by atoms with E-state index in [4.69, 9.17) is 14.5 Å². The average Bonchev–Trinajstić information content (AvgIpc) is 2.68. The van der Waals surface area contributed by atoms with Gasteiger partial charge in [0.2, 0.25) is 0 Å². The first-order valence-corrected chi connectivity index (χ1v) is 7.67. The number of H-pyrrole nitrogens is 1. The summed E-state index contributed by atoms with van der Waals surface area (Å²) < 4.78 is 20.9. The predicted molar refractivity (Wildman–Crippen MR) is 70.0 cm³/mol. The lowest BCUT2D eigenvalue weighted by Crippen LogP contribution is -2.38. The van der Waals surface area contributed by atoms with Gasteiger partial charge in [0.15, 0.2) is 6.23 Å². The van der Waals surface area contributed by atoms with E-state index in [1.165, 1.54) is 6.92 Å². The van der Waals surface area contributed by atoms with Crippen LogP contribution in [0.5, 0.6) is 0 Å². The maximum absolute atomic E-state index is 11.7. The fourth-order valence-corrected chi connectivity index (χ4v) is 2.38. The third kappa shape index (κ3) is 3.52. The van der Waals surface area contributed by atoms with Gasteiger partial charge in [-0.15, -0.1) is 0 Å². The van der Waals surface area contributed by atoms with Crippen LogP contribution in [-0.2, 0) is 13.8 Å². The summed E-state index contributed by atoms with van der Waals surface area (Å²) in [6, 6.07) is 0. The van der Waals surface area contributed by atoms with Crippen molar-refractivity contribution in [2.24, 2.45) is 0 Å². The van der Waals surface area contributed by atoms with Gasteiger partial charge in [0.1, 0.15) is 18.3 Å². The van der Waals surface area contributed by atoms with Crippen LogP contribution in [0.25, 0.3) is 0 Å². The van der Waals surface area contributed by atoms with Crippen LogP contribution in [0, 0.1) is 6.92 Å². The van der Waals surface area contributed by atoms with Gasteiger partial charge in [0.25, 0.3) is 5.56 Å². The van der Waals surface area contributed by atoms with Gasteiger partial charge in [-0.1, -0.05) is 0 Å². The van der Waals surface area contributed by atoms with Gasteiger partial charge in [0.05, 0.1) is 6.61 Å². The Morgan fingerprint density at radius 2 is 2.00 bits per heavy atom. The highest BCUT2D eigenvalue weighted by molar-refractivity contribution is 7.46. The molecular weight excluding hydrogens is 323 g/mol. The smallest absolute Gasteiger partial charge is 0.387 e. The molecule has 0 radical (unpaired) electrons. The Balaban J connectivity index is 2.23. The lowest BCUT2D eigenvalue weighted by molar-refractivity contribution is -0.0543. The van der Waals surface area contributed by atoms with Crippen LogP contribution in [-0.4, -0.2) is 54.5 Å². The number of aromatic nitrogens is 2. The highest BCUT2D eigenvalue weighted by Gasteiger charge is 2.45.